The Morgan fingerprint density at radius 1 is 1.17 bits per heavy atom. The number of amides is 1. The first kappa shape index (κ1) is 17.5. The molecule has 0 saturated heterocycles. The zero-order valence-electron chi connectivity index (χ0n) is 14.3. The van der Waals surface area contributed by atoms with Crippen LogP contribution in [-0.2, 0) is 16.0 Å². The van der Waals surface area contributed by atoms with Gasteiger partial charge in [0.25, 0.3) is 5.91 Å². The minimum Gasteiger partial charge on any atom is -0.452 e. The van der Waals surface area contributed by atoms with Crippen molar-refractivity contribution in [2.45, 2.75) is 52.5 Å². The van der Waals surface area contributed by atoms with Crippen molar-refractivity contribution < 1.29 is 14.3 Å². The van der Waals surface area contributed by atoms with Crippen LogP contribution < -0.4 is 5.32 Å². The molecule has 1 aliphatic carbocycles. The van der Waals surface area contributed by atoms with Gasteiger partial charge in [0, 0.05) is 6.04 Å². The molecule has 23 heavy (non-hydrogen) atoms. The molecule has 4 nitrogen and oxygen atoms in total. The number of ether oxygens (including phenoxy) is 1. The van der Waals surface area contributed by atoms with Crippen LogP contribution in [0.4, 0.5) is 0 Å². The molecule has 0 unspecified atom stereocenters. The predicted octanol–water partition coefficient (Wildman–Crippen LogP) is 3.35. The summed E-state index contributed by atoms with van der Waals surface area (Å²) in [5, 5.41) is 3.01. The lowest BCUT2D eigenvalue weighted by molar-refractivity contribution is -0.125. The first-order valence-corrected chi connectivity index (χ1v) is 8.56. The molecular weight excluding hydrogens is 290 g/mol. The van der Waals surface area contributed by atoms with Crippen LogP contribution in [-0.4, -0.2) is 24.5 Å². The molecule has 0 spiro atoms. The number of nitrogens with one attached hydrogen (secondary N) is 1. The largest absolute Gasteiger partial charge is 0.452 e. The van der Waals surface area contributed by atoms with Crippen molar-refractivity contribution in [3.05, 3.63) is 35.4 Å². The highest BCUT2D eigenvalue weighted by molar-refractivity contribution is 5.91. The minimum atomic E-state index is -0.451. The van der Waals surface area contributed by atoms with E-state index < -0.39 is 5.97 Å². The maximum atomic E-state index is 12.0. The Kier molecular flexibility index (Phi) is 6.20. The molecule has 2 rings (SSSR count). The molecule has 4 heteroatoms. The van der Waals surface area contributed by atoms with Crippen LogP contribution in [0.2, 0.25) is 0 Å². The van der Waals surface area contributed by atoms with E-state index in [-0.39, 0.29) is 18.6 Å². The minimum absolute atomic E-state index is 0.189. The fraction of sp³-hybridized carbons (Fsp3) is 0.579. The summed E-state index contributed by atoms with van der Waals surface area (Å²) in [6.45, 7) is 6.25. The van der Waals surface area contributed by atoms with Gasteiger partial charge in [0.15, 0.2) is 6.61 Å². The van der Waals surface area contributed by atoms with Gasteiger partial charge in [-0.15, -0.1) is 0 Å². The van der Waals surface area contributed by atoms with E-state index in [9.17, 15) is 9.59 Å². The Morgan fingerprint density at radius 2 is 1.87 bits per heavy atom. The number of carbonyl (C=O) groups excluding carboxylic acids is 2. The predicted molar refractivity (Wildman–Crippen MR) is 90.2 cm³/mol. The second-order valence-corrected chi connectivity index (χ2v) is 6.57. The van der Waals surface area contributed by atoms with Gasteiger partial charge < -0.3 is 10.1 Å². The smallest absolute Gasteiger partial charge is 0.338 e. The summed E-state index contributed by atoms with van der Waals surface area (Å²) in [5.74, 6) is 0.418. The number of rotatable bonds is 5. The molecule has 1 saturated carbocycles. The van der Waals surface area contributed by atoms with Gasteiger partial charge in [-0.25, -0.2) is 4.79 Å². The van der Waals surface area contributed by atoms with E-state index in [1.165, 1.54) is 12.0 Å². The first-order valence-electron chi connectivity index (χ1n) is 8.56. The van der Waals surface area contributed by atoms with E-state index >= 15 is 0 Å². The average molecular weight is 317 g/mol. The van der Waals surface area contributed by atoms with Gasteiger partial charge in [-0.05, 0) is 42.4 Å². The van der Waals surface area contributed by atoms with Gasteiger partial charge in [0.2, 0.25) is 0 Å². The number of hydrogen-bond acceptors (Lipinski definition) is 3. The molecule has 1 fully saturated rings. The quantitative estimate of drug-likeness (QED) is 0.847. The Bertz CT molecular complexity index is 538. The van der Waals surface area contributed by atoms with Crippen molar-refractivity contribution in [2.24, 2.45) is 11.8 Å². The second kappa shape index (κ2) is 8.14. The topological polar surface area (TPSA) is 55.4 Å². The highest BCUT2D eigenvalue weighted by Gasteiger charge is 2.28. The van der Waals surface area contributed by atoms with Crippen molar-refractivity contribution in [2.75, 3.05) is 6.61 Å². The normalized spacial score (nSPS) is 24.0. The van der Waals surface area contributed by atoms with E-state index in [4.69, 9.17) is 4.74 Å². The molecule has 0 aromatic heterocycles. The number of carbonyl (C=O) groups is 2. The van der Waals surface area contributed by atoms with Crippen LogP contribution in [0.1, 0.15) is 56.0 Å². The molecule has 126 valence electrons. The number of aryl methyl sites for hydroxylation is 1. The lowest BCUT2D eigenvalue weighted by atomic mass is 9.78. The third kappa shape index (κ3) is 4.81. The Balaban J connectivity index is 1.80. The van der Waals surface area contributed by atoms with E-state index in [1.807, 2.05) is 12.1 Å². The summed E-state index contributed by atoms with van der Waals surface area (Å²) in [4.78, 5) is 24.0. The van der Waals surface area contributed by atoms with E-state index in [0.29, 0.717) is 17.4 Å². The number of esters is 1. The van der Waals surface area contributed by atoms with Crippen LogP contribution in [0.15, 0.2) is 24.3 Å². The standard InChI is InChI=1S/C19H27NO3/c1-4-15-8-10-16(11-9-15)19(22)23-12-18(21)20-17-7-5-6-13(2)14(17)3/h8-11,13-14,17H,4-7,12H2,1-3H3,(H,20,21)/t13-,14-,17-/m1/s1. The Labute approximate surface area is 138 Å². The van der Waals surface area contributed by atoms with Crippen LogP contribution in [0.5, 0.6) is 0 Å². The third-order valence-corrected chi connectivity index (χ3v) is 4.99. The fourth-order valence-corrected chi connectivity index (χ4v) is 3.13. The van der Waals surface area contributed by atoms with E-state index in [2.05, 4.69) is 26.1 Å². The maximum Gasteiger partial charge on any atom is 0.338 e. The summed E-state index contributed by atoms with van der Waals surface area (Å²) < 4.78 is 5.12. The summed E-state index contributed by atoms with van der Waals surface area (Å²) in [7, 11) is 0. The first-order chi connectivity index (χ1) is 11.0. The van der Waals surface area contributed by atoms with E-state index in [1.54, 1.807) is 12.1 Å². The van der Waals surface area contributed by atoms with Gasteiger partial charge in [-0.1, -0.05) is 45.7 Å². The highest BCUT2D eigenvalue weighted by Crippen LogP contribution is 2.29. The van der Waals surface area contributed by atoms with Crippen molar-refractivity contribution in [3.8, 4) is 0 Å². The molecule has 1 aliphatic rings. The third-order valence-electron chi connectivity index (χ3n) is 4.99. The summed E-state index contributed by atoms with van der Waals surface area (Å²) in [5.41, 5.74) is 1.65. The molecule has 0 bridgehead atoms. The monoisotopic (exact) mass is 317 g/mol. The number of benzene rings is 1. The molecule has 1 aromatic rings. The fourth-order valence-electron chi connectivity index (χ4n) is 3.13. The van der Waals surface area contributed by atoms with Crippen molar-refractivity contribution in [1.29, 1.82) is 0 Å². The number of hydrogen-bond donors (Lipinski definition) is 1. The molecule has 0 aliphatic heterocycles. The lowest BCUT2D eigenvalue weighted by Crippen LogP contribution is -2.45. The molecule has 3 atom stereocenters. The van der Waals surface area contributed by atoms with Gasteiger partial charge in [-0.3, -0.25) is 4.79 Å². The van der Waals surface area contributed by atoms with Crippen LogP contribution in [0.25, 0.3) is 0 Å². The van der Waals surface area contributed by atoms with E-state index in [0.717, 1.165) is 19.3 Å². The Morgan fingerprint density at radius 3 is 2.52 bits per heavy atom. The second-order valence-electron chi connectivity index (χ2n) is 6.57. The van der Waals surface area contributed by atoms with Crippen LogP contribution in [0.3, 0.4) is 0 Å². The van der Waals surface area contributed by atoms with Crippen LogP contribution >= 0.6 is 0 Å². The molecule has 0 radical (unpaired) electrons. The van der Waals surface area contributed by atoms with Gasteiger partial charge >= 0.3 is 5.97 Å². The highest BCUT2D eigenvalue weighted by atomic mass is 16.5. The summed E-state index contributed by atoms with van der Waals surface area (Å²) in [6.07, 6.45) is 4.29. The van der Waals surface area contributed by atoms with Gasteiger partial charge in [0.05, 0.1) is 5.56 Å². The molecule has 1 N–H and O–H groups in total. The molecule has 0 heterocycles. The maximum absolute atomic E-state index is 12.0. The molecule has 1 amide bonds. The van der Waals surface area contributed by atoms with Crippen LogP contribution in [0, 0.1) is 11.8 Å². The lowest BCUT2D eigenvalue weighted by Gasteiger charge is -2.34. The molecular formula is C19H27NO3. The summed E-state index contributed by atoms with van der Waals surface area (Å²) in [6, 6.07) is 7.48. The zero-order chi connectivity index (χ0) is 16.8. The zero-order valence-corrected chi connectivity index (χ0v) is 14.3. The van der Waals surface area contributed by atoms with Gasteiger partial charge in [-0.2, -0.15) is 0 Å². The van der Waals surface area contributed by atoms with Gasteiger partial charge in [0.1, 0.15) is 0 Å². The SMILES string of the molecule is CCc1ccc(C(=O)OCC(=O)N[C@@H]2CCC[C@@H](C)[C@H]2C)cc1. The average Bonchev–Trinajstić information content (AvgIpc) is 2.57. The van der Waals surface area contributed by atoms with Crippen molar-refractivity contribution in [3.63, 3.8) is 0 Å². The summed E-state index contributed by atoms with van der Waals surface area (Å²) >= 11 is 0. The Hall–Kier alpha value is -1.84. The van der Waals surface area contributed by atoms with Crippen molar-refractivity contribution in [1.82, 2.24) is 5.32 Å². The molecule has 1 aromatic carbocycles. The van der Waals surface area contributed by atoms with Crippen molar-refractivity contribution >= 4 is 11.9 Å².